The predicted molar refractivity (Wildman–Crippen MR) is 114 cm³/mol. The van der Waals surface area contributed by atoms with Gasteiger partial charge in [0.2, 0.25) is 0 Å². The largest absolute Gasteiger partial charge is 0.460 e. The summed E-state index contributed by atoms with van der Waals surface area (Å²) in [6.07, 6.45) is 7.36. The molecule has 0 unspecified atom stereocenters. The van der Waals surface area contributed by atoms with Gasteiger partial charge in [-0.3, -0.25) is 15.0 Å². The maximum absolute atomic E-state index is 13.0. The third-order valence-corrected chi connectivity index (χ3v) is 9.04. The number of ether oxygens (including phenoxy) is 4. The van der Waals surface area contributed by atoms with Crippen molar-refractivity contribution in [3.63, 3.8) is 0 Å². The topological polar surface area (TPSA) is 103 Å². The van der Waals surface area contributed by atoms with Crippen LogP contribution in [0.4, 0.5) is 4.79 Å². The van der Waals surface area contributed by atoms with Gasteiger partial charge in [-0.15, -0.1) is 0 Å². The number of alkyl carbamates (subject to hydrolysis) is 1. The van der Waals surface area contributed by atoms with Crippen molar-refractivity contribution in [3.8, 4) is 0 Å². The van der Waals surface area contributed by atoms with Crippen LogP contribution in [0, 0.1) is 11.8 Å². The van der Waals surface area contributed by atoms with E-state index in [1.54, 1.807) is 14.0 Å². The molecule has 0 bridgehead atoms. The Bertz CT molecular complexity index is 1020. The van der Waals surface area contributed by atoms with E-state index in [1.165, 1.54) is 0 Å². The highest BCUT2D eigenvalue weighted by atomic mass is 16.6. The number of methoxy groups -OCH3 is 1. The minimum Gasteiger partial charge on any atom is -0.460 e. The van der Waals surface area contributed by atoms with Crippen LogP contribution >= 0.6 is 0 Å². The van der Waals surface area contributed by atoms with Crippen LogP contribution in [0.2, 0.25) is 0 Å². The Morgan fingerprint density at radius 3 is 2.67 bits per heavy atom. The molecule has 6 aliphatic rings. The van der Waals surface area contributed by atoms with Crippen LogP contribution in [0.3, 0.4) is 0 Å². The number of nitrogens with one attached hydrogen (secondary N) is 1. The van der Waals surface area contributed by atoms with E-state index in [1.807, 2.05) is 26.0 Å². The van der Waals surface area contributed by atoms with Gasteiger partial charge in [0.15, 0.2) is 16.9 Å². The van der Waals surface area contributed by atoms with Crippen LogP contribution in [0.5, 0.6) is 0 Å². The number of hydrogen-bond acceptors (Lipinski definition) is 8. The van der Waals surface area contributed by atoms with E-state index in [9.17, 15) is 14.4 Å². The van der Waals surface area contributed by atoms with Crippen molar-refractivity contribution in [1.29, 1.82) is 0 Å². The molecular weight excluding hydrogens is 428 g/mol. The number of cyclic esters (lactones) is 1. The normalized spacial score (nSPS) is 49.9. The lowest BCUT2D eigenvalue weighted by Crippen LogP contribution is -2.73. The summed E-state index contributed by atoms with van der Waals surface area (Å²) in [6.45, 7) is 6.25. The van der Waals surface area contributed by atoms with E-state index < -0.39 is 34.5 Å². The van der Waals surface area contributed by atoms with Crippen molar-refractivity contribution in [1.82, 2.24) is 10.2 Å². The molecule has 0 radical (unpaired) electrons. The number of esters is 2. The molecule has 0 aromatic carbocycles. The number of nitrogens with zero attached hydrogens (tertiary/aromatic N) is 1. The summed E-state index contributed by atoms with van der Waals surface area (Å²) in [7, 11) is 1.64. The van der Waals surface area contributed by atoms with E-state index in [0.29, 0.717) is 31.4 Å². The van der Waals surface area contributed by atoms with Crippen molar-refractivity contribution in [2.75, 3.05) is 13.7 Å². The second kappa shape index (κ2) is 6.39. The number of amides is 1. The number of rotatable bonds is 3. The van der Waals surface area contributed by atoms with Gasteiger partial charge in [-0.1, -0.05) is 26.0 Å². The van der Waals surface area contributed by atoms with Gasteiger partial charge in [-0.05, 0) is 32.3 Å². The smallest absolute Gasteiger partial charge is 0.409 e. The summed E-state index contributed by atoms with van der Waals surface area (Å²) in [5, 5.41) is 3.16. The van der Waals surface area contributed by atoms with Gasteiger partial charge in [0.1, 0.15) is 11.7 Å². The fourth-order valence-electron chi connectivity index (χ4n) is 8.01. The van der Waals surface area contributed by atoms with Gasteiger partial charge in [0.05, 0.1) is 12.0 Å². The van der Waals surface area contributed by atoms with Gasteiger partial charge in [-0.25, -0.2) is 9.59 Å². The lowest BCUT2D eigenvalue weighted by Gasteiger charge is -2.48. The zero-order chi connectivity index (χ0) is 23.4. The first-order chi connectivity index (χ1) is 15.7. The number of carbonyl (C=O) groups excluding carboxylic acids is 3. The Hall–Kier alpha value is -2.39. The van der Waals surface area contributed by atoms with E-state index in [-0.39, 0.29) is 30.0 Å². The van der Waals surface area contributed by atoms with E-state index >= 15 is 0 Å². The molecule has 5 heterocycles. The first kappa shape index (κ1) is 21.2. The van der Waals surface area contributed by atoms with Crippen LogP contribution in [-0.4, -0.2) is 71.2 Å². The average Bonchev–Trinajstić information content (AvgIpc) is 3.43. The molecule has 0 aromatic heterocycles. The molecule has 3 saturated heterocycles. The van der Waals surface area contributed by atoms with Gasteiger partial charge >= 0.3 is 18.0 Å². The molecule has 8 atom stereocenters. The van der Waals surface area contributed by atoms with Gasteiger partial charge in [-0.2, -0.15) is 0 Å². The van der Waals surface area contributed by atoms with Crippen molar-refractivity contribution in [2.45, 2.75) is 81.1 Å². The van der Waals surface area contributed by atoms with Gasteiger partial charge in [0, 0.05) is 31.6 Å². The molecule has 5 aliphatic heterocycles. The molecule has 9 heteroatoms. The Morgan fingerprint density at radius 2 is 2.06 bits per heavy atom. The zero-order valence-electron chi connectivity index (χ0n) is 19.4. The van der Waals surface area contributed by atoms with Crippen LogP contribution < -0.4 is 5.32 Å². The third-order valence-electron chi connectivity index (χ3n) is 9.04. The van der Waals surface area contributed by atoms with Crippen LogP contribution in [0.15, 0.2) is 23.8 Å². The van der Waals surface area contributed by atoms with Crippen molar-refractivity contribution >= 4 is 18.0 Å². The minimum atomic E-state index is -1.24. The van der Waals surface area contributed by atoms with Gasteiger partial charge in [0.25, 0.3) is 0 Å². The quantitative estimate of drug-likeness (QED) is 0.388. The molecule has 1 amide bonds. The molecule has 33 heavy (non-hydrogen) atoms. The maximum Gasteiger partial charge on any atom is 0.409 e. The Morgan fingerprint density at radius 1 is 1.27 bits per heavy atom. The summed E-state index contributed by atoms with van der Waals surface area (Å²) in [5.74, 6) is -1.12. The SMILES string of the molecule is CC[C@H]1[C@@]2(OC)C=CCCN3[C@H]([C@@H]4C[C@H](C)C(=O)O4)C[C@]4(OC(=O)N[C@@]342)[C@@]12C=C(C)C(=O)O2. The average molecular weight is 459 g/mol. The van der Waals surface area contributed by atoms with Gasteiger partial charge < -0.3 is 18.9 Å². The van der Waals surface area contributed by atoms with Crippen molar-refractivity contribution < 1.29 is 33.3 Å². The lowest BCUT2D eigenvalue weighted by molar-refractivity contribution is -0.174. The highest BCUT2D eigenvalue weighted by Crippen LogP contribution is 2.72. The first-order valence-electron chi connectivity index (χ1n) is 11.9. The van der Waals surface area contributed by atoms with Crippen LogP contribution in [0.25, 0.3) is 0 Å². The van der Waals surface area contributed by atoms with E-state index in [4.69, 9.17) is 18.9 Å². The minimum absolute atomic E-state index is 0.193. The fourth-order valence-corrected chi connectivity index (χ4v) is 8.01. The molecule has 1 saturated carbocycles. The Kier molecular flexibility index (Phi) is 4.10. The molecule has 178 valence electrons. The summed E-state index contributed by atoms with van der Waals surface area (Å²) in [5.41, 5.74) is -4.10. The summed E-state index contributed by atoms with van der Waals surface area (Å²) in [6, 6.07) is -0.225. The molecule has 2 spiro atoms. The standard InChI is InChI=1S/C24H30N2O7/c1-5-17-21(30-4)8-6-7-9-26-15(16-10-13(2)18(27)31-16)12-23(24(21,26)25-20(29)33-23)22(17)11-14(3)19(28)32-22/h6,8,11,13,15-17H,5,7,9-10,12H2,1-4H3,(H,25,29)/t13-,15-,16-,17-,21-,22+,23-,24-/m0/s1. The molecule has 1 N–H and O–H groups in total. The summed E-state index contributed by atoms with van der Waals surface area (Å²) >= 11 is 0. The van der Waals surface area contributed by atoms with E-state index in [0.717, 1.165) is 6.42 Å². The highest BCUT2D eigenvalue weighted by molar-refractivity contribution is 5.92. The summed E-state index contributed by atoms with van der Waals surface area (Å²) < 4.78 is 24.7. The van der Waals surface area contributed by atoms with E-state index in [2.05, 4.69) is 16.3 Å². The second-order valence-corrected chi connectivity index (χ2v) is 10.3. The molecular formula is C24H30N2O7. The second-order valence-electron chi connectivity index (χ2n) is 10.3. The third kappa shape index (κ3) is 2.06. The zero-order valence-corrected chi connectivity index (χ0v) is 19.4. The molecule has 1 aliphatic carbocycles. The molecule has 4 fully saturated rings. The number of carbonyl (C=O) groups is 3. The van der Waals surface area contributed by atoms with Crippen LogP contribution in [-0.2, 0) is 28.5 Å². The molecule has 9 nitrogen and oxygen atoms in total. The Labute approximate surface area is 192 Å². The van der Waals surface area contributed by atoms with Crippen molar-refractivity contribution in [3.05, 3.63) is 23.8 Å². The molecule has 6 rings (SSSR count). The maximum atomic E-state index is 13.0. The monoisotopic (exact) mass is 458 g/mol. The molecule has 0 aromatic rings. The Balaban J connectivity index is 1.63. The highest BCUT2D eigenvalue weighted by Gasteiger charge is 2.93. The van der Waals surface area contributed by atoms with Crippen LogP contribution in [0.1, 0.15) is 46.5 Å². The first-order valence-corrected chi connectivity index (χ1v) is 11.9. The van der Waals surface area contributed by atoms with Crippen molar-refractivity contribution in [2.24, 2.45) is 11.8 Å². The lowest BCUT2D eigenvalue weighted by atomic mass is 9.74. The fraction of sp³-hybridized carbons (Fsp3) is 0.708. The predicted octanol–water partition coefficient (Wildman–Crippen LogP) is 1.81. The number of hydrogen-bond donors (Lipinski definition) is 1. The summed E-state index contributed by atoms with van der Waals surface area (Å²) in [4.78, 5) is 40.4.